The summed E-state index contributed by atoms with van der Waals surface area (Å²) in [6, 6.07) is 16.4. The molecule has 2 aromatic carbocycles. The molecule has 2 fully saturated rings. The summed E-state index contributed by atoms with van der Waals surface area (Å²) in [5.74, 6) is 0.859. The Hall–Kier alpha value is -3.21. The van der Waals surface area contributed by atoms with Crippen molar-refractivity contribution in [1.82, 2.24) is 14.9 Å². The van der Waals surface area contributed by atoms with Gasteiger partial charge in [-0.25, -0.2) is 9.97 Å². The zero-order valence-electron chi connectivity index (χ0n) is 16.9. The minimum atomic E-state index is 0.146. The van der Waals surface area contributed by atoms with E-state index in [0.29, 0.717) is 5.95 Å². The molecule has 1 aromatic heterocycles. The van der Waals surface area contributed by atoms with Gasteiger partial charge in [0.05, 0.1) is 0 Å². The Morgan fingerprint density at radius 3 is 2.33 bits per heavy atom. The fourth-order valence-corrected chi connectivity index (χ4v) is 4.91. The standard InChI is InChI=1S/C25H24N4O/c30-23(28-12-4-5-13-28)19-8-9-21-22(14-19)29(17-25(21)10-11-25)24-26-15-20(16-27-24)18-6-2-1-3-7-18/h1-3,6-9,14-16H,4-5,10-13,17H2. The number of rotatable bonds is 3. The highest BCUT2D eigenvalue weighted by molar-refractivity contribution is 5.96. The first-order valence-corrected chi connectivity index (χ1v) is 10.8. The summed E-state index contributed by atoms with van der Waals surface area (Å²) in [6.45, 7) is 2.63. The SMILES string of the molecule is O=C(c1ccc2c(c1)N(c1ncc(-c3ccccc3)cn1)CC21CC1)N1CCCC1. The van der Waals surface area contributed by atoms with Crippen LogP contribution in [-0.2, 0) is 5.41 Å². The highest BCUT2D eigenvalue weighted by Crippen LogP contribution is 2.57. The molecule has 0 bridgehead atoms. The minimum absolute atomic E-state index is 0.146. The van der Waals surface area contributed by atoms with E-state index in [0.717, 1.165) is 54.9 Å². The highest BCUT2D eigenvalue weighted by Gasteiger charge is 2.52. The first-order valence-electron chi connectivity index (χ1n) is 10.8. The summed E-state index contributed by atoms with van der Waals surface area (Å²) < 4.78 is 0. The zero-order chi connectivity index (χ0) is 20.1. The Morgan fingerprint density at radius 1 is 0.900 bits per heavy atom. The maximum atomic E-state index is 12.9. The van der Waals surface area contributed by atoms with Gasteiger partial charge < -0.3 is 9.80 Å². The third-order valence-electron chi connectivity index (χ3n) is 6.80. The van der Waals surface area contributed by atoms with Gasteiger partial charge in [-0.1, -0.05) is 36.4 Å². The molecule has 150 valence electrons. The number of aromatic nitrogens is 2. The Balaban J connectivity index is 1.35. The van der Waals surface area contributed by atoms with E-state index in [9.17, 15) is 4.79 Å². The van der Waals surface area contributed by atoms with E-state index < -0.39 is 0 Å². The molecule has 6 rings (SSSR count). The first-order chi connectivity index (χ1) is 14.7. The smallest absolute Gasteiger partial charge is 0.253 e. The number of anilines is 2. The number of fused-ring (bicyclic) bond motifs is 2. The van der Waals surface area contributed by atoms with Crippen molar-refractivity contribution in [3.8, 4) is 11.1 Å². The van der Waals surface area contributed by atoms with Crippen LogP contribution in [0, 0.1) is 0 Å². The summed E-state index contributed by atoms with van der Waals surface area (Å²) in [6.07, 6.45) is 8.39. The van der Waals surface area contributed by atoms with E-state index >= 15 is 0 Å². The Labute approximate surface area is 176 Å². The minimum Gasteiger partial charge on any atom is -0.339 e. The van der Waals surface area contributed by atoms with Gasteiger partial charge in [0.2, 0.25) is 5.95 Å². The second kappa shape index (κ2) is 6.66. The number of benzene rings is 2. The maximum Gasteiger partial charge on any atom is 0.253 e. The largest absolute Gasteiger partial charge is 0.339 e. The first kappa shape index (κ1) is 17.6. The fraction of sp³-hybridized carbons (Fsp3) is 0.320. The van der Waals surface area contributed by atoms with Gasteiger partial charge in [0.15, 0.2) is 0 Å². The van der Waals surface area contributed by atoms with Crippen LogP contribution in [0.25, 0.3) is 11.1 Å². The van der Waals surface area contributed by atoms with Crippen LogP contribution in [0.5, 0.6) is 0 Å². The molecule has 0 radical (unpaired) electrons. The van der Waals surface area contributed by atoms with Gasteiger partial charge in [0.1, 0.15) is 0 Å². The van der Waals surface area contributed by atoms with Crippen molar-refractivity contribution in [3.05, 3.63) is 72.1 Å². The molecule has 3 heterocycles. The molecule has 1 saturated carbocycles. The number of amides is 1. The van der Waals surface area contributed by atoms with E-state index in [2.05, 4.69) is 29.2 Å². The van der Waals surface area contributed by atoms with Crippen molar-refractivity contribution in [3.63, 3.8) is 0 Å². The van der Waals surface area contributed by atoms with Gasteiger partial charge in [0, 0.05) is 54.3 Å². The third kappa shape index (κ3) is 2.80. The molecule has 3 aromatic rings. The number of likely N-dealkylation sites (tertiary alicyclic amines) is 1. The number of carbonyl (C=O) groups is 1. The second-order valence-corrected chi connectivity index (χ2v) is 8.74. The lowest BCUT2D eigenvalue weighted by atomic mass is 9.97. The quantitative estimate of drug-likeness (QED) is 0.651. The molecular weight excluding hydrogens is 372 g/mol. The van der Waals surface area contributed by atoms with Crippen LogP contribution in [-0.4, -0.2) is 40.4 Å². The van der Waals surface area contributed by atoms with Crippen molar-refractivity contribution in [2.75, 3.05) is 24.5 Å². The molecule has 1 saturated heterocycles. The molecule has 5 nitrogen and oxygen atoms in total. The molecule has 1 aliphatic carbocycles. The normalized spacial score (nSPS) is 18.7. The van der Waals surface area contributed by atoms with E-state index in [4.69, 9.17) is 9.97 Å². The lowest BCUT2D eigenvalue weighted by Crippen LogP contribution is -2.27. The monoisotopic (exact) mass is 396 g/mol. The van der Waals surface area contributed by atoms with Crippen molar-refractivity contribution in [1.29, 1.82) is 0 Å². The summed E-state index contributed by atoms with van der Waals surface area (Å²) >= 11 is 0. The Bertz CT molecular complexity index is 1100. The van der Waals surface area contributed by atoms with Crippen LogP contribution in [0.1, 0.15) is 41.6 Å². The molecule has 0 N–H and O–H groups in total. The van der Waals surface area contributed by atoms with Gasteiger partial charge in [-0.05, 0) is 48.9 Å². The number of nitrogens with zero attached hydrogens (tertiary/aromatic N) is 4. The van der Waals surface area contributed by atoms with Gasteiger partial charge in [-0.2, -0.15) is 0 Å². The second-order valence-electron chi connectivity index (χ2n) is 8.74. The molecule has 3 aliphatic rings. The van der Waals surface area contributed by atoms with Crippen LogP contribution in [0.15, 0.2) is 60.9 Å². The van der Waals surface area contributed by atoms with Crippen LogP contribution in [0.2, 0.25) is 0 Å². The Kier molecular flexibility index (Phi) is 3.91. The van der Waals surface area contributed by atoms with Gasteiger partial charge in [-0.3, -0.25) is 4.79 Å². The predicted octanol–water partition coefficient (Wildman–Crippen LogP) is 4.56. The summed E-state index contributed by atoms with van der Waals surface area (Å²) in [4.78, 5) is 26.5. The predicted molar refractivity (Wildman–Crippen MR) is 117 cm³/mol. The van der Waals surface area contributed by atoms with Crippen molar-refractivity contribution < 1.29 is 4.79 Å². The molecule has 1 spiro atoms. The molecular formula is C25H24N4O. The molecule has 30 heavy (non-hydrogen) atoms. The van der Waals surface area contributed by atoms with Gasteiger partial charge >= 0.3 is 0 Å². The van der Waals surface area contributed by atoms with E-state index in [-0.39, 0.29) is 11.3 Å². The fourth-order valence-electron chi connectivity index (χ4n) is 4.91. The topological polar surface area (TPSA) is 49.3 Å². The number of hydrogen-bond donors (Lipinski definition) is 0. The number of hydrogen-bond acceptors (Lipinski definition) is 4. The molecule has 5 heteroatoms. The molecule has 2 aliphatic heterocycles. The number of carbonyl (C=O) groups excluding carboxylic acids is 1. The van der Waals surface area contributed by atoms with Crippen LogP contribution in [0.4, 0.5) is 11.6 Å². The van der Waals surface area contributed by atoms with Crippen LogP contribution < -0.4 is 4.90 Å². The Morgan fingerprint density at radius 2 is 1.63 bits per heavy atom. The average Bonchev–Trinajstić information content (AvgIpc) is 3.24. The van der Waals surface area contributed by atoms with E-state index in [1.54, 1.807) is 0 Å². The molecule has 1 amide bonds. The molecule has 0 atom stereocenters. The lowest BCUT2D eigenvalue weighted by molar-refractivity contribution is 0.0793. The summed E-state index contributed by atoms with van der Waals surface area (Å²) in [5, 5.41) is 0. The molecule has 0 unspecified atom stereocenters. The van der Waals surface area contributed by atoms with E-state index in [1.807, 2.05) is 41.6 Å². The summed E-state index contributed by atoms with van der Waals surface area (Å²) in [7, 11) is 0. The van der Waals surface area contributed by atoms with Crippen molar-refractivity contribution in [2.24, 2.45) is 0 Å². The zero-order valence-corrected chi connectivity index (χ0v) is 16.9. The maximum absolute atomic E-state index is 12.9. The van der Waals surface area contributed by atoms with E-state index in [1.165, 1.54) is 18.4 Å². The lowest BCUT2D eigenvalue weighted by Gasteiger charge is -2.19. The highest BCUT2D eigenvalue weighted by atomic mass is 16.2. The van der Waals surface area contributed by atoms with Crippen LogP contribution in [0.3, 0.4) is 0 Å². The average molecular weight is 396 g/mol. The van der Waals surface area contributed by atoms with Crippen LogP contribution >= 0.6 is 0 Å². The van der Waals surface area contributed by atoms with Gasteiger partial charge in [0.25, 0.3) is 5.91 Å². The van der Waals surface area contributed by atoms with Gasteiger partial charge in [-0.15, -0.1) is 0 Å². The third-order valence-corrected chi connectivity index (χ3v) is 6.80. The van der Waals surface area contributed by atoms with Crippen molar-refractivity contribution in [2.45, 2.75) is 31.1 Å². The summed E-state index contributed by atoms with van der Waals surface area (Å²) in [5.41, 5.74) is 5.56. The van der Waals surface area contributed by atoms with Crippen molar-refractivity contribution >= 4 is 17.5 Å².